The molecule has 1 amide bonds. The number of anilines is 1. The molecule has 2 aromatic rings. The van der Waals surface area contributed by atoms with Crippen molar-refractivity contribution in [2.24, 2.45) is 0 Å². The molecule has 2 rings (SSSR count). The summed E-state index contributed by atoms with van der Waals surface area (Å²) >= 11 is 1.39. The highest BCUT2D eigenvalue weighted by molar-refractivity contribution is 7.15. The highest BCUT2D eigenvalue weighted by Crippen LogP contribution is 2.26. The summed E-state index contributed by atoms with van der Waals surface area (Å²) < 4.78 is 5.68. The van der Waals surface area contributed by atoms with E-state index in [0.29, 0.717) is 11.0 Å². The van der Waals surface area contributed by atoms with E-state index in [1.807, 2.05) is 46.8 Å². The Morgan fingerprint density at radius 2 is 1.91 bits per heavy atom. The van der Waals surface area contributed by atoms with Gasteiger partial charge in [-0.2, -0.15) is 0 Å². The third-order valence-electron chi connectivity index (χ3n) is 3.40. The summed E-state index contributed by atoms with van der Waals surface area (Å²) in [5, 5.41) is 12.1. The quantitative estimate of drug-likeness (QED) is 0.914. The van der Waals surface area contributed by atoms with Gasteiger partial charge in [-0.3, -0.25) is 10.1 Å². The van der Waals surface area contributed by atoms with Crippen LogP contribution in [0.2, 0.25) is 0 Å². The van der Waals surface area contributed by atoms with Gasteiger partial charge in [0.15, 0.2) is 6.61 Å². The van der Waals surface area contributed by atoms with Crippen LogP contribution in [-0.4, -0.2) is 22.7 Å². The van der Waals surface area contributed by atoms with Crippen LogP contribution in [0.5, 0.6) is 5.75 Å². The van der Waals surface area contributed by atoms with E-state index in [1.54, 1.807) is 0 Å². The summed E-state index contributed by atoms with van der Waals surface area (Å²) in [5.74, 6) is 0.846. The largest absolute Gasteiger partial charge is 0.483 e. The van der Waals surface area contributed by atoms with Crippen molar-refractivity contribution in [3.05, 3.63) is 33.8 Å². The maximum Gasteiger partial charge on any atom is 0.264 e. The minimum absolute atomic E-state index is 0.0400. The molecular formula is C16H21N3O2S. The Kier molecular flexibility index (Phi) is 5.13. The van der Waals surface area contributed by atoms with Gasteiger partial charge in [0.1, 0.15) is 10.8 Å². The lowest BCUT2D eigenvalue weighted by Gasteiger charge is -2.13. The molecular weight excluding hydrogens is 298 g/mol. The molecule has 1 N–H and O–H groups in total. The molecule has 1 aromatic heterocycles. The lowest BCUT2D eigenvalue weighted by atomic mass is 10.1. The van der Waals surface area contributed by atoms with Crippen molar-refractivity contribution in [3.63, 3.8) is 0 Å². The Hall–Kier alpha value is -1.95. The highest BCUT2D eigenvalue weighted by Gasteiger charge is 2.12. The second-order valence-electron chi connectivity index (χ2n) is 5.59. The molecule has 1 aromatic carbocycles. The molecule has 0 aliphatic heterocycles. The molecule has 5 nitrogen and oxygen atoms in total. The average Bonchev–Trinajstić information content (AvgIpc) is 2.92. The number of carbonyl (C=O) groups is 1. The van der Waals surface area contributed by atoms with E-state index in [2.05, 4.69) is 15.5 Å². The van der Waals surface area contributed by atoms with E-state index < -0.39 is 0 Å². The van der Waals surface area contributed by atoms with E-state index in [4.69, 9.17) is 4.74 Å². The molecule has 118 valence electrons. The standard InChI is InChI=1S/C16H21N3O2S/c1-9(2)15-18-19-16(22-15)17-13(20)8-21-14-11(4)7-6-10(3)12(14)5/h6-7,9H,8H2,1-5H3,(H,17,19,20). The minimum Gasteiger partial charge on any atom is -0.483 e. The summed E-state index contributed by atoms with van der Waals surface area (Å²) in [6.45, 7) is 10.0. The van der Waals surface area contributed by atoms with Gasteiger partial charge in [-0.1, -0.05) is 37.3 Å². The fourth-order valence-corrected chi connectivity index (χ4v) is 2.72. The van der Waals surface area contributed by atoms with Crippen molar-refractivity contribution in [2.75, 3.05) is 11.9 Å². The molecule has 0 unspecified atom stereocenters. The van der Waals surface area contributed by atoms with E-state index in [1.165, 1.54) is 11.3 Å². The van der Waals surface area contributed by atoms with Crippen molar-refractivity contribution < 1.29 is 9.53 Å². The van der Waals surface area contributed by atoms with Crippen molar-refractivity contribution in [1.82, 2.24) is 10.2 Å². The number of carbonyl (C=O) groups excluding carboxylic acids is 1. The molecule has 0 saturated heterocycles. The summed E-state index contributed by atoms with van der Waals surface area (Å²) in [7, 11) is 0. The zero-order chi connectivity index (χ0) is 16.3. The van der Waals surface area contributed by atoms with E-state index in [0.717, 1.165) is 27.4 Å². The van der Waals surface area contributed by atoms with Crippen molar-refractivity contribution in [1.29, 1.82) is 0 Å². The average molecular weight is 319 g/mol. The normalized spacial score (nSPS) is 10.8. The van der Waals surface area contributed by atoms with Crippen molar-refractivity contribution in [2.45, 2.75) is 40.5 Å². The van der Waals surface area contributed by atoms with E-state index in [9.17, 15) is 4.79 Å². The van der Waals surface area contributed by atoms with Crippen LogP contribution in [0.25, 0.3) is 0 Å². The number of hydrogen-bond donors (Lipinski definition) is 1. The highest BCUT2D eigenvalue weighted by atomic mass is 32.1. The molecule has 0 aliphatic rings. The zero-order valence-electron chi connectivity index (χ0n) is 13.6. The number of hydrogen-bond acceptors (Lipinski definition) is 5. The predicted molar refractivity (Wildman–Crippen MR) is 88.8 cm³/mol. The van der Waals surface area contributed by atoms with Crippen LogP contribution in [0.15, 0.2) is 12.1 Å². The Morgan fingerprint density at radius 1 is 1.23 bits per heavy atom. The molecule has 0 radical (unpaired) electrons. The Morgan fingerprint density at radius 3 is 2.55 bits per heavy atom. The molecule has 22 heavy (non-hydrogen) atoms. The lowest BCUT2D eigenvalue weighted by Crippen LogP contribution is -2.20. The first kappa shape index (κ1) is 16.4. The molecule has 6 heteroatoms. The molecule has 0 aliphatic carbocycles. The molecule has 0 atom stereocenters. The molecule has 1 heterocycles. The van der Waals surface area contributed by atoms with Gasteiger partial charge < -0.3 is 4.74 Å². The predicted octanol–water partition coefficient (Wildman–Crippen LogP) is 3.60. The fourth-order valence-electron chi connectivity index (χ4n) is 1.96. The summed E-state index contributed by atoms with van der Waals surface area (Å²) in [6.07, 6.45) is 0. The van der Waals surface area contributed by atoms with E-state index >= 15 is 0 Å². The number of rotatable bonds is 5. The number of nitrogens with one attached hydrogen (secondary N) is 1. The van der Waals surface area contributed by atoms with Crippen molar-refractivity contribution >= 4 is 22.4 Å². The van der Waals surface area contributed by atoms with Crippen LogP contribution in [0.3, 0.4) is 0 Å². The molecule has 0 fully saturated rings. The topological polar surface area (TPSA) is 64.1 Å². The molecule has 0 bridgehead atoms. The first-order chi connectivity index (χ1) is 10.4. The second kappa shape index (κ2) is 6.87. The number of ether oxygens (including phenoxy) is 1. The van der Waals surface area contributed by atoms with Gasteiger partial charge in [0.2, 0.25) is 5.13 Å². The first-order valence-corrected chi connectivity index (χ1v) is 8.03. The molecule has 0 spiro atoms. The van der Waals surface area contributed by atoms with Gasteiger partial charge in [-0.15, -0.1) is 10.2 Å². The third kappa shape index (κ3) is 3.82. The summed E-state index contributed by atoms with van der Waals surface area (Å²) in [4.78, 5) is 12.0. The van der Waals surface area contributed by atoms with Gasteiger partial charge >= 0.3 is 0 Å². The van der Waals surface area contributed by atoms with Gasteiger partial charge in [0.25, 0.3) is 5.91 Å². The zero-order valence-corrected chi connectivity index (χ0v) is 14.4. The van der Waals surface area contributed by atoms with Gasteiger partial charge in [0.05, 0.1) is 0 Å². The molecule has 0 saturated carbocycles. The smallest absolute Gasteiger partial charge is 0.264 e. The number of nitrogens with zero attached hydrogens (tertiary/aromatic N) is 2. The second-order valence-corrected chi connectivity index (χ2v) is 6.60. The maximum absolute atomic E-state index is 12.0. The van der Waals surface area contributed by atoms with Crippen molar-refractivity contribution in [3.8, 4) is 5.75 Å². The van der Waals surface area contributed by atoms with E-state index in [-0.39, 0.29) is 12.5 Å². The van der Waals surface area contributed by atoms with Gasteiger partial charge in [-0.25, -0.2) is 0 Å². The van der Waals surface area contributed by atoms with Crippen LogP contribution >= 0.6 is 11.3 Å². The number of aromatic nitrogens is 2. The van der Waals surface area contributed by atoms with Gasteiger partial charge in [0, 0.05) is 5.92 Å². The number of aryl methyl sites for hydroxylation is 2. The van der Waals surface area contributed by atoms with Gasteiger partial charge in [-0.05, 0) is 37.5 Å². The first-order valence-electron chi connectivity index (χ1n) is 7.21. The Balaban J connectivity index is 1.97. The van der Waals surface area contributed by atoms with Crippen LogP contribution in [-0.2, 0) is 4.79 Å². The Bertz CT molecular complexity index is 680. The number of benzene rings is 1. The van der Waals surface area contributed by atoms with Crippen LogP contribution in [0, 0.1) is 20.8 Å². The van der Waals surface area contributed by atoms with Crippen LogP contribution in [0.1, 0.15) is 41.5 Å². The van der Waals surface area contributed by atoms with Crippen LogP contribution < -0.4 is 10.1 Å². The SMILES string of the molecule is Cc1ccc(C)c(OCC(=O)Nc2nnc(C(C)C)s2)c1C. The summed E-state index contributed by atoms with van der Waals surface area (Å²) in [6, 6.07) is 4.04. The van der Waals surface area contributed by atoms with Crippen LogP contribution in [0.4, 0.5) is 5.13 Å². The minimum atomic E-state index is -0.230. The third-order valence-corrected chi connectivity index (χ3v) is 4.54. The number of amides is 1. The maximum atomic E-state index is 12.0. The fraction of sp³-hybridized carbons (Fsp3) is 0.438. The Labute approximate surface area is 134 Å². The lowest BCUT2D eigenvalue weighted by molar-refractivity contribution is -0.118. The monoisotopic (exact) mass is 319 g/mol. The summed E-state index contributed by atoms with van der Waals surface area (Å²) in [5.41, 5.74) is 3.23.